The topological polar surface area (TPSA) is 55.6 Å². The van der Waals surface area contributed by atoms with Crippen molar-refractivity contribution in [1.29, 1.82) is 0 Å². The van der Waals surface area contributed by atoms with Crippen LogP contribution in [0.2, 0.25) is 0 Å². The molecule has 1 fully saturated rings. The molecule has 1 aliphatic heterocycles. The Kier molecular flexibility index (Phi) is 5.10. The summed E-state index contributed by atoms with van der Waals surface area (Å²) >= 11 is 0. The van der Waals surface area contributed by atoms with Crippen LogP contribution in [0.1, 0.15) is 44.0 Å². The number of esters is 1. The van der Waals surface area contributed by atoms with E-state index in [-0.39, 0.29) is 5.97 Å². The Morgan fingerprint density at radius 2 is 2.05 bits per heavy atom. The monoisotopic (exact) mass is 290 g/mol. The molecule has 21 heavy (non-hydrogen) atoms. The number of nitrogen functional groups attached to an aromatic ring is 1. The molecule has 0 atom stereocenters. The molecular weight excluding hydrogens is 264 g/mol. The number of benzene rings is 1. The van der Waals surface area contributed by atoms with E-state index in [1.807, 2.05) is 19.1 Å². The predicted octanol–water partition coefficient (Wildman–Crippen LogP) is 3.32. The van der Waals surface area contributed by atoms with Crippen molar-refractivity contribution in [2.45, 2.75) is 33.6 Å². The average Bonchev–Trinajstić information content (AvgIpc) is 2.47. The van der Waals surface area contributed by atoms with E-state index < -0.39 is 0 Å². The first kappa shape index (κ1) is 15.7. The van der Waals surface area contributed by atoms with Gasteiger partial charge in [-0.15, -0.1) is 0 Å². The third kappa shape index (κ3) is 3.69. The largest absolute Gasteiger partial charge is 0.462 e. The molecule has 0 amide bonds. The van der Waals surface area contributed by atoms with Crippen LogP contribution in [0.3, 0.4) is 0 Å². The van der Waals surface area contributed by atoms with E-state index in [9.17, 15) is 4.79 Å². The van der Waals surface area contributed by atoms with Gasteiger partial charge in [0.25, 0.3) is 0 Å². The van der Waals surface area contributed by atoms with Gasteiger partial charge >= 0.3 is 5.97 Å². The molecule has 0 saturated carbocycles. The molecule has 0 unspecified atom stereocenters. The number of carbonyl (C=O) groups is 1. The van der Waals surface area contributed by atoms with E-state index in [0.717, 1.165) is 30.6 Å². The Bertz CT molecular complexity index is 492. The molecule has 116 valence electrons. The predicted molar refractivity (Wildman–Crippen MR) is 86.6 cm³/mol. The van der Waals surface area contributed by atoms with Crippen molar-refractivity contribution < 1.29 is 9.53 Å². The first-order valence-electron chi connectivity index (χ1n) is 7.84. The van der Waals surface area contributed by atoms with Gasteiger partial charge in [0.05, 0.1) is 17.9 Å². The molecule has 1 aliphatic rings. The highest BCUT2D eigenvalue weighted by atomic mass is 16.5. The van der Waals surface area contributed by atoms with Crippen molar-refractivity contribution in [3.8, 4) is 0 Å². The van der Waals surface area contributed by atoms with Crippen molar-refractivity contribution in [3.63, 3.8) is 0 Å². The summed E-state index contributed by atoms with van der Waals surface area (Å²) in [5.41, 5.74) is 7.95. The maximum Gasteiger partial charge on any atom is 0.340 e. The van der Waals surface area contributed by atoms with Crippen molar-refractivity contribution in [3.05, 3.63) is 23.8 Å². The number of rotatable bonds is 4. The minimum Gasteiger partial charge on any atom is -0.462 e. The molecule has 1 aromatic carbocycles. The zero-order chi connectivity index (χ0) is 15.4. The van der Waals surface area contributed by atoms with Gasteiger partial charge in [-0.05, 0) is 49.8 Å². The molecule has 4 heteroatoms. The lowest BCUT2D eigenvalue weighted by molar-refractivity contribution is 0.0527. The molecule has 0 bridgehead atoms. The Labute approximate surface area is 127 Å². The number of nitrogens with two attached hydrogens (primary N) is 1. The first-order chi connectivity index (χ1) is 10.0. The second-order valence-electron chi connectivity index (χ2n) is 6.07. The lowest BCUT2D eigenvalue weighted by atomic mass is 9.86. The standard InChI is InChI=1S/C17H26N2O2/c1-4-21-17(20)15-11-14(18)5-6-16(15)19-9-7-13(8-10-19)12(2)3/h5-6,11-13H,4,7-10,18H2,1-3H3. The maximum atomic E-state index is 12.1. The number of ether oxygens (including phenoxy) is 1. The summed E-state index contributed by atoms with van der Waals surface area (Å²) < 4.78 is 5.15. The number of anilines is 2. The van der Waals surface area contributed by atoms with Crippen LogP contribution in [-0.4, -0.2) is 25.7 Å². The van der Waals surface area contributed by atoms with Crippen LogP contribution in [0, 0.1) is 11.8 Å². The molecular formula is C17H26N2O2. The number of nitrogens with zero attached hydrogens (tertiary/aromatic N) is 1. The van der Waals surface area contributed by atoms with Crippen molar-refractivity contribution in [2.75, 3.05) is 30.3 Å². The average molecular weight is 290 g/mol. The van der Waals surface area contributed by atoms with Crippen LogP contribution >= 0.6 is 0 Å². The Morgan fingerprint density at radius 1 is 1.38 bits per heavy atom. The second kappa shape index (κ2) is 6.83. The molecule has 0 radical (unpaired) electrons. The Morgan fingerprint density at radius 3 is 2.62 bits per heavy atom. The van der Waals surface area contributed by atoms with Gasteiger partial charge in [-0.25, -0.2) is 4.79 Å². The lowest BCUT2D eigenvalue weighted by Gasteiger charge is -2.36. The van der Waals surface area contributed by atoms with E-state index in [4.69, 9.17) is 10.5 Å². The Balaban J connectivity index is 2.18. The fourth-order valence-electron chi connectivity index (χ4n) is 3.01. The van der Waals surface area contributed by atoms with Gasteiger partial charge in [-0.1, -0.05) is 13.8 Å². The fourth-order valence-corrected chi connectivity index (χ4v) is 3.01. The summed E-state index contributed by atoms with van der Waals surface area (Å²) in [7, 11) is 0. The second-order valence-corrected chi connectivity index (χ2v) is 6.07. The summed E-state index contributed by atoms with van der Waals surface area (Å²) in [6.45, 7) is 8.74. The quantitative estimate of drug-likeness (QED) is 0.682. The van der Waals surface area contributed by atoms with Gasteiger partial charge in [-0.2, -0.15) is 0 Å². The van der Waals surface area contributed by atoms with Crippen molar-refractivity contribution in [1.82, 2.24) is 0 Å². The van der Waals surface area contributed by atoms with Gasteiger partial charge in [0.1, 0.15) is 0 Å². The highest BCUT2D eigenvalue weighted by Gasteiger charge is 2.24. The van der Waals surface area contributed by atoms with E-state index >= 15 is 0 Å². The molecule has 1 saturated heterocycles. The highest BCUT2D eigenvalue weighted by molar-refractivity contribution is 5.97. The van der Waals surface area contributed by atoms with Gasteiger partial charge in [0, 0.05) is 18.8 Å². The van der Waals surface area contributed by atoms with Crippen LogP contribution in [-0.2, 0) is 4.74 Å². The summed E-state index contributed by atoms with van der Waals surface area (Å²) in [6, 6.07) is 5.52. The van der Waals surface area contributed by atoms with Gasteiger partial charge < -0.3 is 15.4 Å². The smallest absolute Gasteiger partial charge is 0.340 e. The van der Waals surface area contributed by atoms with E-state index in [1.54, 1.807) is 6.07 Å². The highest BCUT2D eigenvalue weighted by Crippen LogP contribution is 2.31. The summed E-state index contributed by atoms with van der Waals surface area (Å²) in [4.78, 5) is 14.4. The molecule has 0 spiro atoms. The molecule has 2 N–H and O–H groups in total. The maximum absolute atomic E-state index is 12.1. The molecule has 1 aromatic rings. The molecule has 2 rings (SSSR count). The van der Waals surface area contributed by atoms with E-state index in [2.05, 4.69) is 18.7 Å². The summed E-state index contributed by atoms with van der Waals surface area (Å²) in [5, 5.41) is 0. The van der Waals surface area contributed by atoms with E-state index in [1.165, 1.54) is 12.8 Å². The van der Waals surface area contributed by atoms with Crippen LogP contribution in [0.15, 0.2) is 18.2 Å². The summed E-state index contributed by atoms with van der Waals surface area (Å²) in [6.07, 6.45) is 2.34. The minimum atomic E-state index is -0.286. The van der Waals surface area contributed by atoms with Crippen molar-refractivity contribution >= 4 is 17.3 Å². The SMILES string of the molecule is CCOC(=O)c1cc(N)ccc1N1CCC(C(C)C)CC1. The number of carbonyl (C=O) groups excluding carboxylic acids is 1. The molecule has 1 heterocycles. The van der Waals surface area contributed by atoms with E-state index in [0.29, 0.717) is 17.9 Å². The fraction of sp³-hybridized carbons (Fsp3) is 0.588. The number of hydrogen-bond donors (Lipinski definition) is 1. The van der Waals surface area contributed by atoms with Crippen LogP contribution in [0.4, 0.5) is 11.4 Å². The Hall–Kier alpha value is -1.71. The summed E-state index contributed by atoms with van der Waals surface area (Å²) in [5.74, 6) is 1.22. The van der Waals surface area contributed by atoms with Gasteiger partial charge in [0.15, 0.2) is 0 Å². The third-order valence-corrected chi connectivity index (χ3v) is 4.34. The zero-order valence-corrected chi connectivity index (χ0v) is 13.3. The molecule has 4 nitrogen and oxygen atoms in total. The zero-order valence-electron chi connectivity index (χ0n) is 13.3. The lowest BCUT2D eigenvalue weighted by Crippen LogP contribution is -2.36. The van der Waals surface area contributed by atoms with Crippen LogP contribution in [0.25, 0.3) is 0 Å². The molecule has 0 aliphatic carbocycles. The number of hydrogen-bond acceptors (Lipinski definition) is 4. The van der Waals surface area contributed by atoms with Crippen LogP contribution < -0.4 is 10.6 Å². The van der Waals surface area contributed by atoms with Gasteiger partial charge in [0.2, 0.25) is 0 Å². The van der Waals surface area contributed by atoms with Crippen molar-refractivity contribution in [2.24, 2.45) is 11.8 Å². The molecule has 0 aromatic heterocycles. The third-order valence-electron chi connectivity index (χ3n) is 4.34. The van der Waals surface area contributed by atoms with Gasteiger partial charge in [-0.3, -0.25) is 0 Å². The van der Waals surface area contributed by atoms with Crippen LogP contribution in [0.5, 0.6) is 0 Å². The minimum absolute atomic E-state index is 0.286. The number of piperidine rings is 1. The normalized spacial score (nSPS) is 16.3. The first-order valence-corrected chi connectivity index (χ1v) is 7.84.